The van der Waals surface area contributed by atoms with Gasteiger partial charge in [-0.15, -0.1) is 0 Å². The van der Waals surface area contributed by atoms with Crippen molar-refractivity contribution in [3.05, 3.63) is 302 Å². The first-order chi connectivity index (χ1) is 36.7. The molecule has 0 amide bonds. The molecule has 0 aliphatic carbocycles. The van der Waals surface area contributed by atoms with Gasteiger partial charge in [-0.05, 0) is 179 Å². The Morgan fingerprint density at radius 1 is 0.203 bits per heavy atom. The van der Waals surface area contributed by atoms with E-state index in [1.807, 2.05) is 0 Å². The lowest BCUT2D eigenvalue weighted by molar-refractivity contribution is 1.55. The molecule has 0 atom stereocenters. The zero-order valence-electron chi connectivity index (χ0n) is 40.7. The predicted octanol–water partition coefficient (Wildman–Crippen LogP) is 20.5. The minimum absolute atomic E-state index is 1.16. The average Bonchev–Trinajstić information content (AvgIpc) is 3.50. The maximum absolute atomic E-state index is 2.46. The van der Waals surface area contributed by atoms with E-state index in [0.29, 0.717) is 0 Å². The number of hydrogen-bond acceptors (Lipinski definition) is 0. The smallest absolute Gasteiger partial charge is 0.00259 e. The summed E-state index contributed by atoms with van der Waals surface area (Å²) in [6.45, 7) is 0. The molecular weight excluding hydrogens is 889 g/mol. The van der Waals surface area contributed by atoms with Gasteiger partial charge in [0.25, 0.3) is 0 Å². The molecule has 0 bridgehead atoms. The largest absolute Gasteiger partial charge is 0.0622 e. The van der Waals surface area contributed by atoms with Crippen LogP contribution in [0.3, 0.4) is 0 Å². The first-order valence-corrected chi connectivity index (χ1v) is 25.6. The maximum atomic E-state index is 2.46. The fraction of sp³-hybridized carbons (Fsp3) is 0. The van der Waals surface area contributed by atoms with Gasteiger partial charge in [-0.2, -0.15) is 0 Å². The van der Waals surface area contributed by atoms with Crippen molar-refractivity contribution in [1.82, 2.24) is 0 Å². The van der Waals surface area contributed by atoms with Crippen molar-refractivity contribution >= 4 is 76.3 Å². The first-order valence-electron chi connectivity index (χ1n) is 25.6. The van der Waals surface area contributed by atoms with Gasteiger partial charge in [-0.1, -0.05) is 255 Å². The average molecular weight is 937 g/mol. The Bertz CT molecular complexity index is 4420. The fourth-order valence-electron chi connectivity index (χ4n) is 11.8. The molecule has 74 heavy (non-hydrogen) atoms. The molecule has 14 rings (SSSR count). The highest BCUT2D eigenvalue weighted by molar-refractivity contribution is 6.24. The third kappa shape index (κ3) is 7.55. The monoisotopic (exact) mass is 936 g/mol. The topological polar surface area (TPSA) is 0 Å². The third-order valence-electron chi connectivity index (χ3n) is 15.2. The van der Waals surface area contributed by atoms with Crippen LogP contribution in [0.2, 0.25) is 0 Å². The Morgan fingerprint density at radius 2 is 0.554 bits per heavy atom. The van der Waals surface area contributed by atoms with Crippen molar-refractivity contribution in [3.63, 3.8) is 0 Å². The van der Waals surface area contributed by atoms with Crippen LogP contribution in [0.25, 0.3) is 132 Å². The Labute approximate surface area is 431 Å². The second-order valence-corrected chi connectivity index (χ2v) is 19.5. The Morgan fingerprint density at radius 3 is 1.05 bits per heavy atom. The second-order valence-electron chi connectivity index (χ2n) is 19.5. The molecule has 344 valence electrons. The van der Waals surface area contributed by atoms with Gasteiger partial charge in [0.1, 0.15) is 0 Å². The van der Waals surface area contributed by atoms with Crippen LogP contribution in [-0.4, -0.2) is 0 Å². The maximum Gasteiger partial charge on any atom is -0.00259 e. The quantitative estimate of drug-likeness (QED) is 0.105. The van der Waals surface area contributed by atoms with Crippen molar-refractivity contribution in [2.45, 2.75) is 0 Å². The number of rotatable bonds is 8. The highest BCUT2D eigenvalue weighted by Crippen LogP contribution is 2.48. The molecule has 0 aliphatic heterocycles. The van der Waals surface area contributed by atoms with Gasteiger partial charge >= 0.3 is 0 Å². The van der Waals surface area contributed by atoms with E-state index in [4.69, 9.17) is 0 Å². The van der Waals surface area contributed by atoms with Crippen LogP contribution in [-0.2, 0) is 0 Å². The SMILES string of the molecule is C(=C(c1ccccc1)c1ccccc1)c1cccc(-c2c3ccccc3c(-c3cccc(-c4ccc5c(-c6ccc7ccccc7c6)c6ccccc6c(-c6ccc7ccccc7c6)c5c4)c3)c3ccccc23)c1. The molecule has 0 aromatic heterocycles. The van der Waals surface area contributed by atoms with E-state index in [0.717, 1.165) is 5.56 Å². The zero-order chi connectivity index (χ0) is 49.0. The molecule has 0 unspecified atom stereocenters. The summed E-state index contributed by atoms with van der Waals surface area (Å²) >= 11 is 0. The van der Waals surface area contributed by atoms with E-state index in [2.05, 4.69) is 291 Å². The minimum atomic E-state index is 1.16. The van der Waals surface area contributed by atoms with Gasteiger partial charge in [-0.3, -0.25) is 0 Å². The summed E-state index contributed by atoms with van der Waals surface area (Å²) < 4.78 is 0. The van der Waals surface area contributed by atoms with Crippen LogP contribution in [0.5, 0.6) is 0 Å². The molecule has 14 aromatic carbocycles. The van der Waals surface area contributed by atoms with Crippen molar-refractivity contribution in [2.24, 2.45) is 0 Å². The molecule has 0 saturated heterocycles. The summed E-state index contributed by atoms with van der Waals surface area (Å²) in [5, 5.41) is 14.9. The lowest BCUT2D eigenvalue weighted by Gasteiger charge is -2.20. The lowest BCUT2D eigenvalue weighted by atomic mass is 9.83. The summed E-state index contributed by atoms with van der Waals surface area (Å²) in [6.07, 6.45) is 2.34. The first kappa shape index (κ1) is 43.2. The highest BCUT2D eigenvalue weighted by atomic mass is 14.2. The summed E-state index contributed by atoms with van der Waals surface area (Å²) in [5.41, 5.74) is 16.9. The molecule has 0 spiro atoms. The van der Waals surface area contributed by atoms with E-state index < -0.39 is 0 Å². The molecule has 0 nitrogen and oxygen atoms in total. The second kappa shape index (κ2) is 18.2. The highest BCUT2D eigenvalue weighted by Gasteiger charge is 2.21. The number of benzene rings is 14. The van der Waals surface area contributed by atoms with Crippen LogP contribution in [0.15, 0.2) is 285 Å². The standard InChI is InChI=1S/C74H48/c1-3-22-52(23-4-1)69(53-24-5-2-6-25-53)44-49-19-17-29-58(43-49)71-62-31-11-13-33-64(62)72(65-34-14-12-32-63(65)71)59-30-18-28-56(47-59)57-41-42-68-70(48-57)74(61-40-38-51-21-8-10-27-55(51)46-61)67-36-16-15-35-66(67)73(68)60-39-37-50-20-7-9-26-54(50)45-60/h1-48H. The van der Waals surface area contributed by atoms with Gasteiger partial charge in [0.2, 0.25) is 0 Å². The van der Waals surface area contributed by atoms with E-state index >= 15 is 0 Å². The van der Waals surface area contributed by atoms with Crippen LogP contribution in [0, 0.1) is 0 Å². The Hall–Kier alpha value is -9.62. The Kier molecular flexibility index (Phi) is 10.6. The Balaban J connectivity index is 0.949. The van der Waals surface area contributed by atoms with Gasteiger partial charge in [-0.25, -0.2) is 0 Å². The summed E-state index contributed by atoms with van der Waals surface area (Å²) in [4.78, 5) is 0. The normalized spacial score (nSPS) is 11.5. The van der Waals surface area contributed by atoms with Gasteiger partial charge in [0, 0.05) is 0 Å². The van der Waals surface area contributed by atoms with Crippen molar-refractivity contribution in [3.8, 4) is 55.6 Å². The molecular formula is C74H48. The molecule has 0 aliphatic rings. The van der Waals surface area contributed by atoms with Gasteiger partial charge in [0.05, 0.1) is 0 Å². The molecule has 0 radical (unpaired) electrons. The number of hydrogen-bond donors (Lipinski definition) is 0. The van der Waals surface area contributed by atoms with Gasteiger partial charge in [0.15, 0.2) is 0 Å². The number of fused-ring (bicyclic) bond motifs is 6. The molecule has 14 aromatic rings. The van der Waals surface area contributed by atoms with Crippen molar-refractivity contribution in [1.29, 1.82) is 0 Å². The summed E-state index contributed by atoms with van der Waals surface area (Å²) in [5.74, 6) is 0. The zero-order valence-corrected chi connectivity index (χ0v) is 40.7. The molecule has 0 saturated carbocycles. The molecule has 0 heteroatoms. The van der Waals surface area contributed by atoms with Crippen molar-refractivity contribution < 1.29 is 0 Å². The van der Waals surface area contributed by atoms with Gasteiger partial charge < -0.3 is 0 Å². The van der Waals surface area contributed by atoms with E-state index in [1.165, 1.54) is 137 Å². The van der Waals surface area contributed by atoms with E-state index in [1.54, 1.807) is 0 Å². The summed E-state index contributed by atoms with van der Waals surface area (Å²) in [7, 11) is 0. The summed E-state index contributed by atoms with van der Waals surface area (Å²) in [6, 6.07) is 105. The molecule has 0 N–H and O–H groups in total. The lowest BCUT2D eigenvalue weighted by Crippen LogP contribution is -1.93. The fourth-order valence-corrected chi connectivity index (χ4v) is 11.8. The minimum Gasteiger partial charge on any atom is -0.0622 e. The van der Waals surface area contributed by atoms with Crippen LogP contribution in [0.4, 0.5) is 0 Å². The predicted molar refractivity (Wildman–Crippen MR) is 319 cm³/mol. The van der Waals surface area contributed by atoms with Crippen molar-refractivity contribution in [2.75, 3.05) is 0 Å². The molecule has 0 heterocycles. The van der Waals surface area contributed by atoms with Crippen LogP contribution < -0.4 is 0 Å². The van der Waals surface area contributed by atoms with E-state index in [9.17, 15) is 0 Å². The van der Waals surface area contributed by atoms with Crippen LogP contribution >= 0.6 is 0 Å². The third-order valence-corrected chi connectivity index (χ3v) is 15.2. The van der Waals surface area contributed by atoms with E-state index in [-0.39, 0.29) is 0 Å². The van der Waals surface area contributed by atoms with Crippen LogP contribution in [0.1, 0.15) is 16.7 Å². The molecule has 0 fully saturated rings.